The van der Waals surface area contributed by atoms with Crippen molar-refractivity contribution in [1.29, 1.82) is 0 Å². The molecule has 1 fully saturated rings. The smallest absolute Gasteiger partial charge is 0.408 e. The highest BCUT2D eigenvalue weighted by Gasteiger charge is 2.24. The van der Waals surface area contributed by atoms with E-state index < -0.39 is 12.2 Å². The zero-order valence-electron chi connectivity index (χ0n) is 16.0. The maximum atomic E-state index is 11.9. The second-order valence-electron chi connectivity index (χ2n) is 7.14. The zero-order chi connectivity index (χ0) is 19.6. The number of amides is 1. The van der Waals surface area contributed by atoms with Gasteiger partial charge in [-0.3, -0.25) is 4.79 Å². The summed E-state index contributed by atoms with van der Waals surface area (Å²) in [4.78, 5) is 23.1. The van der Waals surface area contributed by atoms with Gasteiger partial charge in [0.25, 0.3) is 0 Å². The molecule has 0 aromatic heterocycles. The third-order valence-corrected chi connectivity index (χ3v) is 5.13. The van der Waals surface area contributed by atoms with E-state index in [0.29, 0.717) is 18.7 Å². The number of carbonyl (C=O) groups excluding carboxylic acids is 2. The molecule has 1 saturated carbocycles. The summed E-state index contributed by atoms with van der Waals surface area (Å²) in [5, 5.41) is 2.65. The molecule has 5 nitrogen and oxygen atoms in total. The van der Waals surface area contributed by atoms with Crippen LogP contribution in [0.5, 0.6) is 0 Å². The average molecular weight is 381 g/mol. The number of hydrogen-bond acceptors (Lipinski definition) is 4. The van der Waals surface area contributed by atoms with Crippen molar-refractivity contribution in [3.05, 3.63) is 71.8 Å². The van der Waals surface area contributed by atoms with Crippen LogP contribution in [0.1, 0.15) is 42.7 Å². The molecular weight excluding hydrogens is 354 g/mol. The molecule has 1 atom stereocenters. The van der Waals surface area contributed by atoms with Gasteiger partial charge < -0.3 is 14.8 Å². The molecule has 0 heterocycles. The van der Waals surface area contributed by atoms with Gasteiger partial charge in [-0.2, -0.15) is 0 Å². The average Bonchev–Trinajstić information content (AvgIpc) is 2.77. The van der Waals surface area contributed by atoms with Gasteiger partial charge in [-0.25, -0.2) is 4.79 Å². The van der Waals surface area contributed by atoms with Crippen LogP contribution in [0.4, 0.5) is 4.79 Å². The fourth-order valence-electron chi connectivity index (χ4n) is 3.57. The first-order chi connectivity index (χ1) is 13.7. The van der Waals surface area contributed by atoms with Crippen LogP contribution in [0.2, 0.25) is 0 Å². The van der Waals surface area contributed by atoms with E-state index >= 15 is 0 Å². The van der Waals surface area contributed by atoms with Gasteiger partial charge in [-0.1, -0.05) is 60.7 Å². The van der Waals surface area contributed by atoms with Gasteiger partial charge in [-0.05, 0) is 42.7 Å². The standard InChI is InChI=1S/C23H27NO4/c25-16-22(28-23(26)24-15-18-7-3-1-4-8-18)17-27-21-13-11-20(12-14-21)19-9-5-2-6-10-19/h1-10,16,20-22H,11-15,17H2,(H,24,26). The number of rotatable bonds is 8. The summed E-state index contributed by atoms with van der Waals surface area (Å²) >= 11 is 0. The van der Waals surface area contributed by atoms with E-state index in [9.17, 15) is 9.59 Å². The molecule has 2 aromatic rings. The number of ether oxygens (including phenoxy) is 2. The molecule has 1 aliphatic carbocycles. The van der Waals surface area contributed by atoms with Crippen molar-refractivity contribution in [1.82, 2.24) is 5.32 Å². The van der Waals surface area contributed by atoms with Gasteiger partial charge >= 0.3 is 6.09 Å². The molecule has 1 aliphatic rings. The van der Waals surface area contributed by atoms with E-state index in [1.807, 2.05) is 36.4 Å². The SMILES string of the molecule is O=CC(COC1CCC(c2ccccc2)CC1)OC(=O)NCc1ccccc1. The van der Waals surface area contributed by atoms with E-state index in [4.69, 9.17) is 9.47 Å². The maximum Gasteiger partial charge on any atom is 0.408 e. The van der Waals surface area contributed by atoms with Crippen molar-refractivity contribution in [3.63, 3.8) is 0 Å². The summed E-state index contributed by atoms with van der Waals surface area (Å²) in [6.45, 7) is 0.457. The second-order valence-corrected chi connectivity index (χ2v) is 7.14. The maximum absolute atomic E-state index is 11.9. The van der Waals surface area contributed by atoms with Crippen LogP contribution in [0, 0.1) is 0 Å². The Hall–Kier alpha value is -2.66. The summed E-state index contributed by atoms with van der Waals surface area (Å²) < 4.78 is 11.0. The van der Waals surface area contributed by atoms with Crippen LogP contribution < -0.4 is 5.32 Å². The molecule has 0 bridgehead atoms. The van der Waals surface area contributed by atoms with Gasteiger partial charge in [0, 0.05) is 6.54 Å². The minimum atomic E-state index is -0.886. The number of alkyl carbamates (subject to hydrolysis) is 1. The predicted octanol–water partition coefficient (Wildman–Crippen LogP) is 4.22. The summed E-state index contributed by atoms with van der Waals surface area (Å²) in [5.74, 6) is 0.572. The summed E-state index contributed by atoms with van der Waals surface area (Å²) in [6.07, 6.45) is 3.27. The van der Waals surface area contributed by atoms with E-state index in [1.165, 1.54) is 5.56 Å². The predicted molar refractivity (Wildman–Crippen MR) is 107 cm³/mol. The minimum absolute atomic E-state index is 0.100. The van der Waals surface area contributed by atoms with Crippen molar-refractivity contribution in [2.75, 3.05) is 6.61 Å². The zero-order valence-corrected chi connectivity index (χ0v) is 16.0. The lowest BCUT2D eigenvalue weighted by atomic mass is 9.83. The fraction of sp³-hybridized carbons (Fsp3) is 0.391. The van der Waals surface area contributed by atoms with E-state index in [0.717, 1.165) is 31.2 Å². The molecule has 0 radical (unpaired) electrons. The van der Waals surface area contributed by atoms with Crippen LogP contribution >= 0.6 is 0 Å². The van der Waals surface area contributed by atoms with Crippen LogP contribution in [-0.2, 0) is 20.8 Å². The normalized spacial score (nSPS) is 20.1. The van der Waals surface area contributed by atoms with Crippen molar-refractivity contribution in [2.24, 2.45) is 0 Å². The molecule has 1 N–H and O–H groups in total. The molecule has 3 rings (SSSR count). The Morgan fingerprint density at radius 2 is 1.64 bits per heavy atom. The van der Waals surface area contributed by atoms with Crippen molar-refractivity contribution < 1.29 is 19.1 Å². The Morgan fingerprint density at radius 3 is 2.29 bits per heavy atom. The molecule has 1 unspecified atom stereocenters. The monoisotopic (exact) mass is 381 g/mol. The van der Waals surface area contributed by atoms with E-state index in [-0.39, 0.29) is 12.7 Å². The number of nitrogens with one attached hydrogen (secondary N) is 1. The Labute approximate surface area is 166 Å². The number of aldehydes is 1. The van der Waals surface area contributed by atoms with Crippen LogP contribution in [-0.4, -0.2) is 31.2 Å². The van der Waals surface area contributed by atoms with Crippen LogP contribution in [0.25, 0.3) is 0 Å². The van der Waals surface area contributed by atoms with Gasteiger partial charge in [0.2, 0.25) is 0 Å². The first-order valence-electron chi connectivity index (χ1n) is 9.85. The number of hydrogen-bond donors (Lipinski definition) is 1. The number of carbonyl (C=O) groups is 2. The van der Waals surface area contributed by atoms with Crippen molar-refractivity contribution >= 4 is 12.4 Å². The summed E-state index contributed by atoms with van der Waals surface area (Å²) in [6, 6.07) is 20.1. The molecule has 0 aliphatic heterocycles. The third kappa shape index (κ3) is 6.20. The lowest BCUT2D eigenvalue weighted by molar-refractivity contribution is -0.120. The topological polar surface area (TPSA) is 64.6 Å². The summed E-state index contributed by atoms with van der Waals surface area (Å²) in [7, 11) is 0. The Kier molecular flexibility index (Phi) is 7.62. The van der Waals surface area contributed by atoms with Crippen LogP contribution in [0.3, 0.4) is 0 Å². The molecule has 1 amide bonds. The summed E-state index contributed by atoms with van der Waals surface area (Å²) in [5.41, 5.74) is 2.35. The fourth-order valence-corrected chi connectivity index (χ4v) is 3.57. The third-order valence-electron chi connectivity index (χ3n) is 5.13. The highest BCUT2D eigenvalue weighted by atomic mass is 16.6. The van der Waals surface area contributed by atoms with Crippen molar-refractivity contribution in [2.45, 2.75) is 50.4 Å². The van der Waals surface area contributed by atoms with Crippen molar-refractivity contribution in [3.8, 4) is 0 Å². The lowest BCUT2D eigenvalue weighted by Crippen LogP contribution is -2.33. The highest BCUT2D eigenvalue weighted by Crippen LogP contribution is 2.33. The first kappa shape index (κ1) is 20.1. The second kappa shape index (κ2) is 10.6. The first-order valence-corrected chi connectivity index (χ1v) is 9.85. The molecule has 5 heteroatoms. The molecule has 0 spiro atoms. The largest absolute Gasteiger partial charge is 0.436 e. The Morgan fingerprint density at radius 1 is 1.00 bits per heavy atom. The molecule has 0 saturated heterocycles. The molecular formula is C23H27NO4. The van der Waals surface area contributed by atoms with Crippen LogP contribution in [0.15, 0.2) is 60.7 Å². The van der Waals surface area contributed by atoms with Gasteiger partial charge in [-0.15, -0.1) is 0 Å². The van der Waals surface area contributed by atoms with E-state index in [1.54, 1.807) is 0 Å². The van der Waals surface area contributed by atoms with Gasteiger partial charge in [0.05, 0.1) is 12.7 Å². The van der Waals surface area contributed by atoms with E-state index in [2.05, 4.69) is 29.6 Å². The minimum Gasteiger partial charge on any atom is -0.436 e. The molecule has 148 valence electrons. The Balaban J connectivity index is 1.36. The molecule has 28 heavy (non-hydrogen) atoms. The Bertz CT molecular complexity index is 727. The molecule has 2 aromatic carbocycles. The van der Waals surface area contributed by atoms with Gasteiger partial charge in [0.1, 0.15) is 0 Å². The quantitative estimate of drug-likeness (QED) is 0.695. The van der Waals surface area contributed by atoms with Gasteiger partial charge in [0.15, 0.2) is 12.4 Å². The lowest BCUT2D eigenvalue weighted by Gasteiger charge is -2.29. The number of benzene rings is 2. The highest BCUT2D eigenvalue weighted by molar-refractivity contribution is 5.70.